The average molecular weight is 211 g/mol. The average Bonchev–Trinajstić information content (AvgIpc) is 2.25. The summed E-state index contributed by atoms with van der Waals surface area (Å²) in [5, 5.41) is 8.54. The van der Waals surface area contributed by atoms with Gasteiger partial charge in [-0.25, -0.2) is 4.98 Å². The quantitative estimate of drug-likeness (QED) is 0.790. The van der Waals surface area contributed by atoms with Gasteiger partial charge >= 0.3 is 5.97 Å². The van der Waals surface area contributed by atoms with Crippen molar-refractivity contribution in [1.82, 2.24) is 4.98 Å². The van der Waals surface area contributed by atoms with Gasteiger partial charge in [0, 0.05) is 24.2 Å². The van der Waals surface area contributed by atoms with E-state index in [1.165, 1.54) is 14.2 Å². The van der Waals surface area contributed by atoms with E-state index in [9.17, 15) is 4.79 Å². The number of hydrogen-bond acceptors (Lipinski definition) is 4. The van der Waals surface area contributed by atoms with Crippen LogP contribution in [0.1, 0.15) is 12.1 Å². The monoisotopic (exact) mass is 211 g/mol. The largest absolute Gasteiger partial charge is 0.496 e. The van der Waals surface area contributed by atoms with Crippen LogP contribution < -0.4 is 9.47 Å². The molecule has 0 aliphatic heterocycles. The molecule has 0 fully saturated rings. The Morgan fingerprint density at radius 1 is 1.40 bits per heavy atom. The summed E-state index contributed by atoms with van der Waals surface area (Å²) in [6, 6.07) is 3.34. The highest BCUT2D eigenvalue weighted by Crippen LogP contribution is 2.19. The van der Waals surface area contributed by atoms with Crippen LogP contribution >= 0.6 is 0 Å². The minimum absolute atomic E-state index is 0.0450. The zero-order valence-electron chi connectivity index (χ0n) is 8.69. The molecule has 0 atom stereocenters. The Balaban J connectivity index is 2.81. The van der Waals surface area contributed by atoms with Gasteiger partial charge in [-0.1, -0.05) is 0 Å². The summed E-state index contributed by atoms with van der Waals surface area (Å²) in [6.07, 6.45) is 0.409. The Kier molecular flexibility index (Phi) is 3.91. The van der Waals surface area contributed by atoms with Crippen molar-refractivity contribution in [3.05, 3.63) is 17.8 Å². The number of nitrogens with zero attached hydrogens (tertiary/aromatic N) is 1. The molecule has 0 amide bonds. The molecule has 0 aromatic carbocycles. The lowest BCUT2D eigenvalue weighted by Crippen LogP contribution is -2.01. The number of carboxylic acid groups (broad SMARTS) is 1. The summed E-state index contributed by atoms with van der Waals surface area (Å²) in [4.78, 5) is 14.5. The van der Waals surface area contributed by atoms with Crippen molar-refractivity contribution in [2.24, 2.45) is 0 Å². The van der Waals surface area contributed by atoms with Crippen molar-refractivity contribution >= 4 is 5.97 Å². The third-order valence-corrected chi connectivity index (χ3v) is 1.87. The fourth-order valence-electron chi connectivity index (χ4n) is 1.12. The van der Waals surface area contributed by atoms with E-state index >= 15 is 0 Å². The highest BCUT2D eigenvalue weighted by atomic mass is 16.5. The second kappa shape index (κ2) is 5.19. The Morgan fingerprint density at radius 2 is 2.13 bits per heavy atom. The lowest BCUT2D eigenvalue weighted by atomic mass is 10.2. The van der Waals surface area contributed by atoms with Gasteiger partial charge in [-0.05, 0) is 0 Å². The predicted molar refractivity (Wildman–Crippen MR) is 53.3 cm³/mol. The van der Waals surface area contributed by atoms with Crippen LogP contribution in [0.2, 0.25) is 0 Å². The molecular weight excluding hydrogens is 198 g/mol. The minimum atomic E-state index is -0.849. The number of methoxy groups -OCH3 is 2. The van der Waals surface area contributed by atoms with Gasteiger partial charge in [0.2, 0.25) is 5.88 Å². The maximum Gasteiger partial charge on any atom is 0.303 e. The molecule has 0 saturated carbocycles. The Morgan fingerprint density at radius 3 is 2.67 bits per heavy atom. The number of hydrogen-bond donors (Lipinski definition) is 1. The summed E-state index contributed by atoms with van der Waals surface area (Å²) >= 11 is 0. The molecule has 5 heteroatoms. The normalized spacial score (nSPS) is 9.73. The highest BCUT2D eigenvalue weighted by Gasteiger charge is 2.05. The van der Waals surface area contributed by atoms with Gasteiger partial charge in [-0.2, -0.15) is 0 Å². The van der Waals surface area contributed by atoms with Gasteiger partial charge < -0.3 is 14.6 Å². The topological polar surface area (TPSA) is 68.7 Å². The first kappa shape index (κ1) is 11.3. The Bertz CT molecular complexity index is 329. The van der Waals surface area contributed by atoms with Gasteiger partial charge in [0.1, 0.15) is 5.75 Å². The van der Waals surface area contributed by atoms with E-state index in [2.05, 4.69) is 4.98 Å². The molecule has 15 heavy (non-hydrogen) atoms. The first-order valence-electron chi connectivity index (χ1n) is 4.46. The highest BCUT2D eigenvalue weighted by molar-refractivity contribution is 5.67. The molecule has 0 spiro atoms. The molecule has 0 unspecified atom stereocenters. The van der Waals surface area contributed by atoms with E-state index in [-0.39, 0.29) is 6.42 Å². The fourth-order valence-corrected chi connectivity index (χ4v) is 1.12. The van der Waals surface area contributed by atoms with Crippen LogP contribution in [0.15, 0.2) is 12.1 Å². The summed E-state index contributed by atoms with van der Waals surface area (Å²) < 4.78 is 10.0. The van der Waals surface area contributed by atoms with Crippen LogP contribution in [-0.2, 0) is 11.2 Å². The van der Waals surface area contributed by atoms with Crippen LogP contribution in [0.5, 0.6) is 11.6 Å². The molecule has 1 rings (SSSR count). The number of rotatable bonds is 5. The smallest absolute Gasteiger partial charge is 0.303 e. The minimum Gasteiger partial charge on any atom is -0.496 e. The summed E-state index contributed by atoms with van der Waals surface area (Å²) in [5.74, 6) is 0.190. The number of aliphatic carboxylic acids is 1. The molecule has 0 aliphatic rings. The maximum atomic E-state index is 10.4. The standard InChI is InChI=1S/C10H13NO4/c1-14-8-5-7(3-4-10(12)13)11-9(6-8)15-2/h5-6H,3-4H2,1-2H3,(H,12,13). The molecule has 0 saturated heterocycles. The molecule has 0 bridgehead atoms. The number of ether oxygens (including phenoxy) is 2. The van der Waals surface area contributed by atoms with Crippen LogP contribution in [-0.4, -0.2) is 30.3 Å². The Hall–Kier alpha value is -1.78. The van der Waals surface area contributed by atoms with E-state index in [1.54, 1.807) is 12.1 Å². The third kappa shape index (κ3) is 3.46. The molecule has 1 heterocycles. The zero-order valence-corrected chi connectivity index (χ0v) is 8.69. The van der Waals surface area contributed by atoms with E-state index in [4.69, 9.17) is 14.6 Å². The summed E-state index contributed by atoms with van der Waals surface area (Å²) in [5.41, 5.74) is 0.647. The number of carbonyl (C=O) groups is 1. The van der Waals surface area contributed by atoms with Gasteiger partial charge in [0.05, 0.1) is 20.6 Å². The number of carboxylic acids is 1. The van der Waals surface area contributed by atoms with Crippen LogP contribution in [0.3, 0.4) is 0 Å². The Labute approximate surface area is 87.7 Å². The predicted octanol–water partition coefficient (Wildman–Crippen LogP) is 1.12. The van der Waals surface area contributed by atoms with E-state index in [0.29, 0.717) is 23.7 Å². The van der Waals surface area contributed by atoms with Gasteiger partial charge in [0.25, 0.3) is 0 Å². The van der Waals surface area contributed by atoms with Crippen molar-refractivity contribution in [2.45, 2.75) is 12.8 Å². The molecule has 1 aromatic heterocycles. The van der Waals surface area contributed by atoms with Crippen molar-refractivity contribution in [1.29, 1.82) is 0 Å². The van der Waals surface area contributed by atoms with Crippen LogP contribution in [0.25, 0.3) is 0 Å². The lowest BCUT2D eigenvalue weighted by Gasteiger charge is -2.06. The first-order chi connectivity index (χ1) is 7.15. The van der Waals surface area contributed by atoms with E-state index < -0.39 is 5.97 Å². The van der Waals surface area contributed by atoms with E-state index in [0.717, 1.165) is 0 Å². The second-order valence-corrected chi connectivity index (χ2v) is 2.93. The van der Waals surface area contributed by atoms with Crippen LogP contribution in [0.4, 0.5) is 0 Å². The maximum absolute atomic E-state index is 10.4. The van der Waals surface area contributed by atoms with Crippen molar-refractivity contribution in [3.8, 4) is 11.6 Å². The van der Waals surface area contributed by atoms with Crippen molar-refractivity contribution in [3.63, 3.8) is 0 Å². The van der Waals surface area contributed by atoms with Gasteiger partial charge in [-0.15, -0.1) is 0 Å². The summed E-state index contributed by atoms with van der Waals surface area (Å²) in [6.45, 7) is 0. The number of pyridine rings is 1. The zero-order chi connectivity index (χ0) is 11.3. The van der Waals surface area contributed by atoms with Crippen molar-refractivity contribution < 1.29 is 19.4 Å². The lowest BCUT2D eigenvalue weighted by molar-refractivity contribution is -0.136. The van der Waals surface area contributed by atoms with Crippen molar-refractivity contribution in [2.75, 3.05) is 14.2 Å². The first-order valence-corrected chi connectivity index (χ1v) is 4.46. The van der Waals surface area contributed by atoms with Gasteiger partial charge in [0.15, 0.2) is 0 Å². The molecule has 1 N–H and O–H groups in total. The number of aryl methyl sites for hydroxylation is 1. The molecular formula is C10H13NO4. The fraction of sp³-hybridized carbons (Fsp3) is 0.400. The molecule has 1 aromatic rings. The molecule has 0 aliphatic carbocycles. The van der Waals surface area contributed by atoms with Crippen LogP contribution in [0, 0.1) is 0 Å². The SMILES string of the molecule is COc1cc(CCC(=O)O)nc(OC)c1. The summed E-state index contributed by atoms with van der Waals surface area (Å²) in [7, 11) is 3.04. The van der Waals surface area contributed by atoms with Gasteiger partial charge in [-0.3, -0.25) is 4.79 Å². The molecule has 5 nitrogen and oxygen atoms in total. The number of aromatic nitrogens is 1. The molecule has 0 radical (unpaired) electrons. The van der Waals surface area contributed by atoms with E-state index in [1.807, 2.05) is 0 Å². The third-order valence-electron chi connectivity index (χ3n) is 1.87. The second-order valence-electron chi connectivity index (χ2n) is 2.93. The molecule has 82 valence electrons.